The average molecular weight is 215 g/mol. The minimum atomic E-state index is -0.0164. The van der Waals surface area contributed by atoms with Gasteiger partial charge in [-0.1, -0.05) is 23.7 Å². The van der Waals surface area contributed by atoms with Crippen molar-refractivity contribution >= 4 is 40.6 Å². The summed E-state index contributed by atoms with van der Waals surface area (Å²) in [6, 6.07) is 7.56. The highest BCUT2D eigenvalue weighted by Crippen LogP contribution is 2.24. The van der Waals surface area contributed by atoms with Gasteiger partial charge in [-0.25, -0.2) is 0 Å². The van der Waals surface area contributed by atoms with Crippen molar-refractivity contribution in [2.75, 3.05) is 6.54 Å². The minimum Gasteiger partial charge on any atom is -0.352 e. The molecule has 0 aliphatic carbocycles. The van der Waals surface area contributed by atoms with Gasteiger partial charge < -0.3 is 5.32 Å². The largest absolute Gasteiger partial charge is 0.352 e. The van der Waals surface area contributed by atoms with E-state index in [0.29, 0.717) is 6.54 Å². The second-order valence-electron chi connectivity index (χ2n) is 3.27. The molecule has 0 bridgehead atoms. The quantitative estimate of drug-likeness (QED) is 0.754. The highest BCUT2D eigenvalue weighted by atomic mass is 32.1. The third kappa shape index (κ3) is 2.05. The molecule has 2 aromatic rings. The maximum absolute atomic E-state index is 11.6. The van der Waals surface area contributed by atoms with Gasteiger partial charge in [0.25, 0.3) is 5.91 Å². The van der Waals surface area contributed by atoms with Crippen LogP contribution >= 0.6 is 11.3 Å². The summed E-state index contributed by atoms with van der Waals surface area (Å²) in [7, 11) is 5.67. The molecule has 2 rings (SSSR count). The van der Waals surface area contributed by atoms with E-state index >= 15 is 0 Å². The number of amides is 1. The molecule has 0 aliphatic rings. The summed E-state index contributed by atoms with van der Waals surface area (Å²) in [6.07, 6.45) is 0. The zero-order valence-electron chi connectivity index (χ0n) is 8.41. The molecule has 1 aromatic heterocycles. The molecular formula is C11H10BNOS. The number of hydrogen-bond acceptors (Lipinski definition) is 2. The lowest BCUT2D eigenvalue weighted by Gasteiger charge is -1.96. The zero-order valence-corrected chi connectivity index (χ0v) is 9.23. The third-order valence-corrected chi connectivity index (χ3v) is 3.20. The van der Waals surface area contributed by atoms with Crippen LogP contribution in [-0.2, 0) is 0 Å². The number of carbonyl (C=O) groups is 1. The Bertz CT molecular complexity index is 506. The first-order chi connectivity index (χ1) is 7.20. The molecule has 0 atom stereocenters. The predicted molar refractivity (Wildman–Crippen MR) is 65.2 cm³/mol. The number of rotatable bonds is 2. The van der Waals surface area contributed by atoms with E-state index in [1.165, 1.54) is 11.3 Å². The van der Waals surface area contributed by atoms with Crippen molar-refractivity contribution in [1.82, 2.24) is 5.32 Å². The highest BCUT2D eigenvalue weighted by Gasteiger charge is 2.08. The van der Waals surface area contributed by atoms with E-state index in [-0.39, 0.29) is 5.91 Å². The second-order valence-corrected chi connectivity index (χ2v) is 4.35. The van der Waals surface area contributed by atoms with Gasteiger partial charge in [0.15, 0.2) is 0 Å². The van der Waals surface area contributed by atoms with E-state index in [4.69, 9.17) is 7.85 Å². The zero-order chi connectivity index (χ0) is 10.8. The molecule has 15 heavy (non-hydrogen) atoms. The number of carbonyl (C=O) groups excluding carboxylic acids is 1. The molecule has 0 saturated carbocycles. The minimum absolute atomic E-state index is 0.0164. The standard InChI is InChI=1S/C11H10BNOS/c1-2-13-11(14)10-5-7-3-4-8(12)6-9(7)15-10/h3-6H,2H2,1H3,(H,13,14). The summed E-state index contributed by atoms with van der Waals surface area (Å²) in [5.74, 6) is -0.0164. The topological polar surface area (TPSA) is 29.1 Å². The molecule has 1 N–H and O–H groups in total. The van der Waals surface area contributed by atoms with Crippen molar-refractivity contribution < 1.29 is 4.79 Å². The number of thiophene rings is 1. The Morgan fingerprint density at radius 1 is 1.47 bits per heavy atom. The molecule has 74 valence electrons. The molecule has 0 aliphatic heterocycles. The summed E-state index contributed by atoms with van der Waals surface area (Å²) >= 11 is 1.47. The van der Waals surface area contributed by atoms with Gasteiger partial charge in [-0.05, 0) is 18.4 Å². The van der Waals surface area contributed by atoms with Gasteiger partial charge in [-0.3, -0.25) is 4.79 Å². The Kier molecular flexibility index (Phi) is 2.78. The van der Waals surface area contributed by atoms with Crippen LogP contribution < -0.4 is 10.8 Å². The molecule has 1 amide bonds. The third-order valence-electron chi connectivity index (χ3n) is 2.11. The molecule has 2 nitrogen and oxygen atoms in total. The first-order valence-electron chi connectivity index (χ1n) is 4.78. The lowest BCUT2D eigenvalue weighted by atomic mass is 9.96. The predicted octanol–water partition coefficient (Wildman–Crippen LogP) is 1.44. The smallest absolute Gasteiger partial charge is 0.261 e. The molecule has 2 radical (unpaired) electrons. The van der Waals surface area contributed by atoms with Gasteiger partial charge in [0, 0.05) is 11.2 Å². The molecule has 1 heterocycles. The van der Waals surface area contributed by atoms with Gasteiger partial charge in [0.2, 0.25) is 0 Å². The maximum atomic E-state index is 11.6. The summed E-state index contributed by atoms with van der Waals surface area (Å²) in [6.45, 7) is 2.55. The number of fused-ring (bicyclic) bond motifs is 1. The fraction of sp³-hybridized carbons (Fsp3) is 0.182. The van der Waals surface area contributed by atoms with Crippen LogP contribution in [0.3, 0.4) is 0 Å². The molecular weight excluding hydrogens is 205 g/mol. The molecule has 0 unspecified atom stereocenters. The molecule has 1 aromatic carbocycles. The van der Waals surface area contributed by atoms with Crippen molar-refractivity contribution in [3.63, 3.8) is 0 Å². The summed E-state index contributed by atoms with van der Waals surface area (Å²) in [4.78, 5) is 12.3. The van der Waals surface area contributed by atoms with Crippen LogP contribution in [0, 0.1) is 0 Å². The molecule has 0 saturated heterocycles. The van der Waals surface area contributed by atoms with E-state index in [0.717, 1.165) is 20.4 Å². The van der Waals surface area contributed by atoms with Crippen molar-refractivity contribution in [2.24, 2.45) is 0 Å². The van der Waals surface area contributed by atoms with Crippen LogP contribution in [0.2, 0.25) is 0 Å². The fourth-order valence-electron chi connectivity index (χ4n) is 1.41. The Hall–Kier alpha value is -1.29. The van der Waals surface area contributed by atoms with Crippen LogP contribution in [0.4, 0.5) is 0 Å². The van der Waals surface area contributed by atoms with Crippen LogP contribution in [0.25, 0.3) is 10.1 Å². The first kappa shape index (κ1) is 10.2. The van der Waals surface area contributed by atoms with Crippen molar-refractivity contribution in [3.05, 3.63) is 29.1 Å². The van der Waals surface area contributed by atoms with Crippen LogP contribution in [0.5, 0.6) is 0 Å². The Labute approximate surface area is 93.7 Å². The summed E-state index contributed by atoms with van der Waals surface area (Å²) < 4.78 is 1.05. The van der Waals surface area contributed by atoms with E-state index in [1.807, 2.05) is 31.2 Å². The van der Waals surface area contributed by atoms with Crippen LogP contribution in [-0.4, -0.2) is 20.3 Å². The lowest BCUT2D eigenvalue weighted by Crippen LogP contribution is -2.21. The monoisotopic (exact) mass is 215 g/mol. The maximum Gasteiger partial charge on any atom is 0.261 e. The number of hydrogen-bond donors (Lipinski definition) is 1. The van der Waals surface area contributed by atoms with Crippen LogP contribution in [0.15, 0.2) is 24.3 Å². The highest BCUT2D eigenvalue weighted by molar-refractivity contribution is 7.20. The normalized spacial score (nSPS) is 10.5. The van der Waals surface area contributed by atoms with Gasteiger partial charge in [0.05, 0.1) is 4.88 Å². The molecule has 0 spiro atoms. The Balaban J connectivity index is 2.42. The van der Waals surface area contributed by atoms with Gasteiger partial charge in [-0.2, -0.15) is 0 Å². The van der Waals surface area contributed by atoms with Gasteiger partial charge in [0.1, 0.15) is 7.85 Å². The first-order valence-corrected chi connectivity index (χ1v) is 5.59. The van der Waals surface area contributed by atoms with E-state index < -0.39 is 0 Å². The SMILES string of the molecule is [B]c1ccc2cc(C(=O)NCC)sc2c1. The van der Waals surface area contributed by atoms with Gasteiger partial charge in [-0.15, -0.1) is 11.3 Å². The molecule has 4 heteroatoms. The van der Waals surface area contributed by atoms with Gasteiger partial charge >= 0.3 is 0 Å². The van der Waals surface area contributed by atoms with Crippen molar-refractivity contribution in [2.45, 2.75) is 6.92 Å². The Morgan fingerprint density at radius 2 is 2.27 bits per heavy atom. The van der Waals surface area contributed by atoms with Crippen LogP contribution in [0.1, 0.15) is 16.6 Å². The van der Waals surface area contributed by atoms with Crippen molar-refractivity contribution in [1.29, 1.82) is 0 Å². The molecule has 0 fully saturated rings. The average Bonchev–Trinajstić information content (AvgIpc) is 2.60. The number of nitrogens with one attached hydrogen (secondary N) is 1. The van der Waals surface area contributed by atoms with E-state index in [1.54, 1.807) is 0 Å². The fourth-order valence-corrected chi connectivity index (χ4v) is 2.43. The van der Waals surface area contributed by atoms with Crippen molar-refractivity contribution in [3.8, 4) is 0 Å². The Morgan fingerprint density at radius 3 is 3.00 bits per heavy atom. The van der Waals surface area contributed by atoms with E-state index in [9.17, 15) is 4.79 Å². The van der Waals surface area contributed by atoms with E-state index in [2.05, 4.69) is 5.32 Å². The number of benzene rings is 1. The summed E-state index contributed by atoms with van der Waals surface area (Å²) in [5, 5.41) is 3.84. The summed E-state index contributed by atoms with van der Waals surface area (Å²) in [5.41, 5.74) is 0.729. The second kappa shape index (κ2) is 4.07. The lowest BCUT2D eigenvalue weighted by molar-refractivity contribution is 0.0960.